The first-order chi connectivity index (χ1) is 11.6. The minimum atomic E-state index is -0.238. The summed E-state index contributed by atoms with van der Waals surface area (Å²) in [5.41, 5.74) is 4.70. The Morgan fingerprint density at radius 1 is 1.08 bits per heavy atom. The van der Waals surface area contributed by atoms with Crippen molar-refractivity contribution in [2.75, 3.05) is 0 Å². The second kappa shape index (κ2) is 4.44. The first-order valence-electron chi connectivity index (χ1n) is 7.66. The number of nitrogens with one attached hydrogen (secondary N) is 1. The highest BCUT2D eigenvalue weighted by Gasteiger charge is 2.14. The van der Waals surface area contributed by atoms with E-state index in [4.69, 9.17) is 0 Å². The molecule has 0 aliphatic heterocycles. The highest BCUT2D eigenvalue weighted by molar-refractivity contribution is 6.06. The van der Waals surface area contributed by atoms with Crippen molar-refractivity contribution >= 4 is 32.8 Å². The molecular weight excluding hydrogens is 305 g/mol. The molecule has 0 aliphatic rings. The lowest BCUT2D eigenvalue weighted by Gasteiger charge is -1.96. The van der Waals surface area contributed by atoms with Crippen molar-refractivity contribution in [3.63, 3.8) is 0 Å². The first kappa shape index (κ1) is 13.3. The first-order valence-corrected chi connectivity index (χ1v) is 7.66. The number of hydrogen-bond acceptors (Lipinski definition) is 2. The molecule has 0 fully saturated rings. The number of rotatable bonds is 1. The van der Waals surface area contributed by atoms with Gasteiger partial charge in [-0.05, 0) is 24.3 Å². The molecule has 1 aromatic carbocycles. The Kier molecular flexibility index (Phi) is 2.46. The normalized spacial score (nSPS) is 12.0. The Bertz CT molecular complexity index is 1240. The second-order valence-corrected chi connectivity index (χ2v) is 6.09. The Morgan fingerprint density at radius 3 is 2.83 bits per heavy atom. The number of pyridine rings is 1. The predicted molar refractivity (Wildman–Crippen MR) is 92.2 cm³/mol. The predicted octanol–water partition coefficient (Wildman–Crippen LogP) is 3.75. The van der Waals surface area contributed by atoms with Crippen molar-refractivity contribution in [2.24, 2.45) is 14.1 Å². The minimum absolute atomic E-state index is 0.238. The highest BCUT2D eigenvalue weighted by atomic mass is 19.1. The summed E-state index contributed by atoms with van der Waals surface area (Å²) in [6.07, 6.45) is 5.63. The standard InChI is InChI=1S/C18H14FN5/c1-23-9-14(12-5-11(19)3-4-16(12)23)15-6-13-17-10(8-21-24(17)2)7-20-18(13)22-15/h3-9H,1-2H3,(H,20,22). The van der Waals surface area contributed by atoms with E-state index in [1.165, 1.54) is 6.07 Å². The van der Waals surface area contributed by atoms with E-state index in [0.717, 1.165) is 44.1 Å². The van der Waals surface area contributed by atoms with E-state index in [1.54, 1.807) is 12.1 Å². The van der Waals surface area contributed by atoms with Gasteiger partial charge in [0.25, 0.3) is 0 Å². The Labute approximate surface area is 136 Å². The zero-order valence-electron chi connectivity index (χ0n) is 13.2. The van der Waals surface area contributed by atoms with Crippen LogP contribution in [0.1, 0.15) is 0 Å². The van der Waals surface area contributed by atoms with Gasteiger partial charge in [0.15, 0.2) is 0 Å². The number of benzene rings is 1. The van der Waals surface area contributed by atoms with Crippen molar-refractivity contribution in [1.29, 1.82) is 0 Å². The van der Waals surface area contributed by atoms with Gasteiger partial charge in [-0.15, -0.1) is 0 Å². The van der Waals surface area contributed by atoms with Crippen LogP contribution >= 0.6 is 0 Å². The monoisotopic (exact) mass is 319 g/mol. The topological polar surface area (TPSA) is 51.4 Å². The van der Waals surface area contributed by atoms with Crippen LogP contribution in [0.3, 0.4) is 0 Å². The summed E-state index contributed by atoms with van der Waals surface area (Å²) < 4.78 is 17.6. The number of aryl methyl sites for hydroxylation is 2. The third-order valence-electron chi connectivity index (χ3n) is 4.59. The molecule has 0 aliphatic carbocycles. The maximum absolute atomic E-state index is 13.7. The Hall–Kier alpha value is -3.15. The zero-order chi connectivity index (χ0) is 16.4. The molecule has 6 heteroatoms. The second-order valence-electron chi connectivity index (χ2n) is 6.09. The van der Waals surface area contributed by atoms with Gasteiger partial charge in [-0.1, -0.05) is 0 Å². The van der Waals surface area contributed by atoms with Gasteiger partial charge < -0.3 is 9.55 Å². The van der Waals surface area contributed by atoms with E-state index < -0.39 is 0 Å². The van der Waals surface area contributed by atoms with Crippen molar-refractivity contribution < 1.29 is 4.39 Å². The zero-order valence-corrected chi connectivity index (χ0v) is 13.2. The number of H-pyrrole nitrogens is 1. The lowest BCUT2D eigenvalue weighted by molar-refractivity contribution is 0.629. The third kappa shape index (κ3) is 1.68. The Morgan fingerprint density at radius 2 is 1.96 bits per heavy atom. The van der Waals surface area contributed by atoms with Gasteiger partial charge in [-0.2, -0.15) is 5.10 Å². The van der Waals surface area contributed by atoms with Crippen LogP contribution < -0.4 is 0 Å². The van der Waals surface area contributed by atoms with Gasteiger partial charge in [-0.3, -0.25) is 4.68 Å². The molecule has 0 saturated heterocycles. The number of fused-ring (bicyclic) bond motifs is 4. The van der Waals surface area contributed by atoms with Crippen LogP contribution in [0, 0.1) is 5.82 Å². The van der Waals surface area contributed by atoms with Gasteiger partial charge in [0.05, 0.1) is 11.7 Å². The number of aromatic amines is 1. The van der Waals surface area contributed by atoms with Crippen molar-refractivity contribution in [2.45, 2.75) is 0 Å². The molecule has 118 valence electrons. The molecule has 5 aromatic rings. The van der Waals surface area contributed by atoms with Crippen LogP contribution in [0.15, 0.2) is 42.9 Å². The molecule has 0 radical (unpaired) electrons. The van der Waals surface area contributed by atoms with E-state index >= 15 is 0 Å². The van der Waals surface area contributed by atoms with Crippen LogP contribution in [-0.4, -0.2) is 24.3 Å². The molecule has 0 saturated carbocycles. The molecule has 24 heavy (non-hydrogen) atoms. The lowest BCUT2D eigenvalue weighted by atomic mass is 10.1. The molecule has 4 aromatic heterocycles. The molecule has 0 atom stereocenters. The molecule has 0 bridgehead atoms. The van der Waals surface area contributed by atoms with Crippen LogP contribution in [0.4, 0.5) is 4.39 Å². The van der Waals surface area contributed by atoms with Crippen molar-refractivity contribution in [3.8, 4) is 11.3 Å². The smallest absolute Gasteiger partial charge is 0.139 e. The van der Waals surface area contributed by atoms with Crippen LogP contribution in [0.25, 0.3) is 44.1 Å². The summed E-state index contributed by atoms with van der Waals surface area (Å²) in [4.78, 5) is 7.84. The Balaban J connectivity index is 1.85. The SMILES string of the molecule is Cn1cc(-c2cc3c(ncc4cnn(C)c43)[nH]2)c2cc(F)ccc21. The van der Waals surface area contributed by atoms with Gasteiger partial charge in [0.1, 0.15) is 11.5 Å². The van der Waals surface area contributed by atoms with Crippen LogP contribution in [0.5, 0.6) is 0 Å². The third-order valence-corrected chi connectivity index (χ3v) is 4.59. The highest BCUT2D eigenvalue weighted by Crippen LogP contribution is 2.33. The van der Waals surface area contributed by atoms with Crippen molar-refractivity contribution in [1.82, 2.24) is 24.3 Å². The molecule has 0 amide bonds. The van der Waals surface area contributed by atoms with Gasteiger partial charge in [0.2, 0.25) is 0 Å². The van der Waals surface area contributed by atoms with E-state index in [0.29, 0.717) is 0 Å². The van der Waals surface area contributed by atoms with E-state index in [2.05, 4.69) is 21.1 Å². The quantitative estimate of drug-likeness (QED) is 0.511. The fraction of sp³-hybridized carbons (Fsp3) is 0.111. The molecule has 5 nitrogen and oxygen atoms in total. The number of nitrogens with zero attached hydrogens (tertiary/aromatic N) is 4. The van der Waals surface area contributed by atoms with Gasteiger partial charge in [-0.25, -0.2) is 9.37 Å². The average Bonchev–Trinajstić information content (AvgIpc) is 3.23. The summed E-state index contributed by atoms with van der Waals surface area (Å²) in [6, 6.07) is 6.92. The summed E-state index contributed by atoms with van der Waals surface area (Å²) >= 11 is 0. The molecule has 4 heterocycles. The summed E-state index contributed by atoms with van der Waals surface area (Å²) in [5, 5.41) is 7.19. The molecule has 1 N–H and O–H groups in total. The largest absolute Gasteiger partial charge is 0.350 e. The maximum Gasteiger partial charge on any atom is 0.139 e. The van der Waals surface area contributed by atoms with E-state index in [9.17, 15) is 4.39 Å². The summed E-state index contributed by atoms with van der Waals surface area (Å²) in [6.45, 7) is 0. The van der Waals surface area contributed by atoms with E-state index in [-0.39, 0.29) is 5.82 Å². The molecule has 0 spiro atoms. The van der Waals surface area contributed by atoms with E-state index in [1.807, 2.05) is 41.9 Å². The fourth-order valence-corrected chi connectivity index (χ4v) is 3.46. The molecule has 5 rings (SSSR count). The van der Waals surface area contributed by atoms with Gasteiger partial charge in [0, 0.05) is 59.4 Å². The van der Waals surface area contributed by atoms with Crippen molar-refractivity contribution in [3.05, 3.63) is 48.7 Å². The fourth-order valence-electron chi connectivity index (χ4n) is 3.46. The van der Waals surface area contributed by atoms with Crippen LogP contribution in [-0.2, 0) is 14.1 Å². The molecule has 0 unspecified atom stereocenters. The number of hydrogen-bond donors (Lipinski definition) is 1. The summed E-state index contributed by atoms with van der Waals surface area (Å²) in [5.74, 6) is -0.238. The maximum atomic E-state index is 13.7. The van der Waals surface area contributed by atoms with Crippen LogP contribution in [0.2, 0.25) is 0 Å². The minimum Gasteiger partial charge on any atom is -0.350 e. The number of halogens is 1. The summed E-state index contributed by atoms with van der Waals surface area (Å²) in [7, 11) is 3.88. The number of aromatic nitrogens is 5. The average molecular weight is 319 g/mol. The van der Waals surface area contributed by atoms with Gasteiger partial charge >= 0.3 is 0 Å². The lowest BCUT2D eigenvalue weighted by Crippen LogP contribution is -1.89. The molecular formula is C18H14FN5.